The molecule has 1 aliphatic rings. The third-order valence-corrected chi connectivity index (χ3v) is 3.68. The second kappa shape index (κ2) is 4.10. The number of fused-ring (bicyclic) bond motifs is 3. The number of hydrogen-bond donors (Lipinski definition) is 0. The molecule has 5 nitrogen and oxygen atoms in total. The Hall–Kier alpha value is -2.30. The van der Waals surface area contributed by atoms with E-state index in [1.807, 2.05) is 37.6 Å². The van der Waals surface area contributed by atoms with Crippen LogP contribution in [-0.2, 0) is 17.4 Å². The molecule has 0 radical (unpaired) electrons. The molecular weight excluding hydrogens is 256 g/mol. The molecule has 5 heteroatoms. The van der Waals surface area contributed by atoms with Gasteiger partial charge in [-0.15, -0.1) is 0 Å². The zero-order valence-corrected chi connectivity index (χ0v) is 11.9. The van der Waals surface area contributed by atoms with Gasteiger partial charge in [0, 0.05) is 24.4 Å². The van der Waals surface area contributed by atoms with Crippen LogP contribution in [-0.4, -0.2) is 22.6 Å². The number of aromatic nitrogens is 2. The average molecular weight is 272 g/mol. The number of rotatable bonds is 1. The second-order valence-electron chi connectivity index (χ2n) is 5.33. The van der Waals surface area contributed by atoms with E-state index in [0.717, 1.165) is 22.6 Å². The van der Waals surface area contributed by atoms with Crippen LogP contribution in [0.15, 0.2) is 24.5 Å². The topological polar surface area (TPSA) is 53.4 Å². The fraction of sp³-hybridized carbons (Fsp3) is 0.333. The molecule has 0 saturated heterocycles. The fourth-order valence-electron chi connectivity index (χ4n) is 2.67. The van der Waals surface area contributed by atoms with Crippen molar-refractivity contribution in [2.24, 2.45) is 7.05 Å². The summed E-state index contributed by atoms with van der Waals surface area (Å²) in [6.45, 7) is 3.95. The minimum absolute atomic E-state index is 0.353. The monoisotopic (exact) mass is 272 g/mol. The largest absolute Gasteiger partial charge is 0.481 e. The van der Waals surface area contributed by atoms with Crippen molar-refractivity contribution < 1.29 is 14.3 Å². The normalized spacial score (nSPS) is 15.0. The molecule has 3 rings (SSSR count). The van der Waals surface area contributed by atoms with Crippen molar-refractivity contribution in [3.8, 4) is 17.0 Å². The highest BCUT2D eigenvalue weighted by atomic mass is 16.5. The van der Waals surface area contributed by atoms with Crippen molar-refractivity contribution in [1.29, 1.82) is 0 Å². The first-order valence-electron chi connectivity index (χ1n) is 6.37. The Morgan fingerprint density at radius 3 is 2.90 bits per heavy atom. The predicted molar refractivity (Wildman–Crippen MR) is 73.6 cm³/mol. The molecule has 104 valence electrons. The van der Waals surface area contributed by atoms with Gasteiger partial charge in [-0.3, -0.25) is 4.98 Å². The Bertz CT molecular complexity index is 701. The Balaban J connectivity index is 2.31. The fourth-order valence-corrected chi connectivity index (χ4v) is 2.67. The van der Waals surface area contributed by atoms with E-state index in [1.54, 1.807) is 12.4 Å². The van der Waals surface area contributed by atoms with Crippen LogP contribution in [0, 0.1) is 0 Å². The van der Waals surface area contributed by atoms with Crippen LogP contribution < -0.4 is 4.74 Å². The van der Waals surface area contributed by atoms with Gasteiger partial charge in [-0.25, -0.2) is 4.79 Å². The highest BCUT2D eigenvalue weighted by molar-refractivity contribution is 5.91. The molecule has 1 aliphatic heterocycles. The molecule has 0 aliphatic carbocycles. The Labute approximate surface area is 117 Å². The van der Waals surface area contributed by atoms with Crippen molar-refractivity contribution in [3.63, 3.8) is 0 Å². The molecule has 0 saturated carbocycles. The molecule has 0 amide bonds. The van der Waals surface area contributed by atoms with Gasteiger partial charge in [0.15, 0.2) is 0 Å². The van der Waals surface area contributed by atoms with Crippen molar-refractivity contribution in [3.05, 3.63) is 35.8 Å². The van der Waals surface area contributed by atoms with Gasteiger partial charge in [0.05, 0.1) is 19.0 Å². The summed E-state index contributed by atoms with van der Waals surface area (Å²) in [7, 11) is 3.24. The molecule has 2 aromatic rings. The maximum Gasteiger partial charge on any atom is 0.354 e. The van der Waals surface area contributed by atoms with Gasteiger partial charge in [0.2, 0.25) is 0 Å². The SMILES string of the molecule is COC(=O)c1cc2c(n1C)-c1ccncc1OC2(C)C. The van der Waals surface area contributed by atoms with Crippen LogP contribution in [0.1, 0.15) is 29.9 Å². The number of hydrogen-bond acceptors (Lipinski definition) is 4. The highest BCUT2D eigenvalue weighted by Gasteiger charge is 2.36. The van der Waals surface area contributed by atoms with Gasteiger partial charge >= 0.3 is 5.97 Å². The summed E-state index contributed by atoms with van der Waals surface area (Å²) in [6, 6.07) is 3.73. The summed E-state index contributed by atoms with van der Waals surface area (Å²) in [5, 5.41) is 0. The quantitative estimate of drug-likeness (QED) is 0.748. The van der Waals surface area contributed by atoms with Crippen LogP contribution in [0.5, 0.6) is 5.75 Å². The number of carbonyl (C=O) groups excluding carboxylic acids is 1. The lowest BCUT2D eigenvalue weighted by atomic mass is 9.92. The molecule has 20 heavy (non-hydrogen) atoms. The zero-order valence-electron chi connectivity index (χ0n) is 11.9. The van der Waals surface area contributed by atoms with Gasteiger partial charge in [0.25, 0.3) is 0 Å². The lowest BCUT2D eigenvalue weighted by Crippen LogP contribution is -2.29. The predicted octanol–water partition coefficient (Wildman–Crippen LogP) is 2.50. The molecule has 0 aromatic carbocycles. The van der Waals surface area contributed by atoms with Gasteiger partial charge < -0.3 is 14.0 Å². The van der Waals surface area contributed by atoms with Gasteiger partial charge in [-0.2, -0.15) is 0 Å². The Morgan fingerprint density at radius 2 is 2.20 bits per heavy atom. The first kappa shape index (κ1) is 12.7. The average Bonchev–Trinajstić information content (AvgIpc) is 2.77. The number of methoxy groups -OCH3 is 1. The summed E-state index contributed by atoms with van der Waals surface area (Å²) in [6.07, 6.45) is 3.42. The van der Waals surface area contributed by atoms with Crippen molar-refractivity contribution in [2.45, 2.75) is 19.4 Å². The molecule has 0 atom stereocenters. The summed E-state index contributed by atoms with van der Waals surface area (Å²) in [5.41, 5.74) is 2.87. The molecule has 0 N–H and O–H groups in total. The molecule has 2 aromatic heterocycles. The third kappa shape index (κ3) is 1.62. The van der Waals surface area contributed by atoms with Crippen LogP contribution in [0.25, 0.3) is 11.3 Å². The van der Waals surface area contributed by atoms with Crippen molar-refractivity contribution in [1.82, 2.24) is 9.55 Å². The minimum Gasteiger partial charge on any atom is -0.481 e. The van der Waals surface area contributed by atoms with E-state index in [-0.39, 0.29) is 5.97 Å². The van der Waals surface area contributed by atoms with Crippen LogP contribution in [0.3, 0.4) is 0 Å². The Morgan fingerprint density at radius 1 is 1.45 bits per heavy atom. The number of ether oxygens (including phenoxy) is 2. The van der Waals surface area contributed by atoms with Crippen LogP contribution in [0.4, 0.5) is 0 Å². The standard InChI is InChI=1S/C15H16N2O3/c1-15(2)10-7-11(14(18)19-4)17(3)13(10)9-5-6-16-8-12(9)20-15/h5-8H,1-4H3. The van der Waals surface area contributed by atoms with Gasteiger partial charge in [-0.05, 0) is 26.0 Å². The van der Waals surface area contributed by atoms with Crippen LogP contribution >= 0.6 is 0 Å². The van der Waals surface area contributed by atoms with E-state index in [9.17, 15) is 4.79 Å². The second-order valence-corrected chi connectivity index (χ2v) is 5.33. The zero-order chi connectivity index (χ0) is 14.5. The van der Waals surface area contributed by atoms with Crippen molar-refractivity contribution in [2.75, 3.05) is 7.11 Å². The number of nitrogens with zero attached hydrogens (tertiary/aromatic N) is 2. The summed E-state index contributed by atoms with van der Waals surface area (Å²) in [5.74, 6) is 0.371. The minimum atomic E-state index is -0.518. The first-order chi connectivity index (χ1) is 9.45. The van der Waals surface area contributed by atoms with Crippen LogP contribution in [0.2, 0.25) is 0 Å². The van der Waals surface area contributed by atoms with E-state index in [4.69, 9.17) is 9.47 Å². The van der Waals surface area contributed by atoms with E-state index in [1.165, 1.54) is 7.11 Å². The molecule has 0 bridgehead atoms. The van der Waals surface area contributed by atoms with Crippen molar-refractivity contribution >= 4 is 5.97 Å². The molecular formula is C15H16N2O3. The van der Waals surface area contributed by atoms with E-state index < -0.39 is 5.60 Å². The Kier molecular flexibility index (Phi) is 2.61. The number of carbonyl (C=O) groups is 1. The lowest BCUT2D eigenvalue weighted by molar-refractivity contribution is 0.0590. The third-order valence-electron chi connectivity index (χ3n) is 3.68. The number of pyridine rings is 1. The highest BCUT2D eigenvalue weighted by Crippen LogP contribution is 2.45. The molecule has 0 spiro atoms. The van der Waals surface area contributed by atoms with Gasteiger partial charge in [-0.1, -0.05) is 0 Å². The van der Waals surface area contributed by atoms with Gasteiger partial charge in [0.1, 0.15) is 17.0 Å². The summed E-state index contributed by atoms with van der Waals surface area (Å²) < 4.78 is 12.7. The first-order valence-corrected chi connectivity index (χ1v) is 6.37. The summed E-state index contributed by atoms with van der Waals surface area (Å²) >= 11 is 0. The smallest absolute Gasteiger partial charge is 0.354 e. The number of esters is 1. The molecule has 0 unspecified atom stereocenters. The molecule has 3 heterocycles. The molecule has 0 fully saturated rings. The van der Waals surface area contributed by atoms with E-state index >= 15 is 0 Å². The lowest BCUT2D eigenvalue weighted by Gasteiger charge is -2.33. The van der Waals surface area contributed by atoms with E-state index in [0.29, 0.717) is 5.69 Å². The maximum absolute atomic E-state index is 11.9. The van der Waals surface area contributed by atoms with E-state index in [2.05, 4.69) is 4.98 Å². The maximum atomic E-state index is 11.9. The summed E-state index contributed by atoms with van der Waals surface area (Å²) in [4.78, 5) is 16.0.